The van der Waals surface area contributed by atoms with Gasteiger partial charge in [0.2, 0.25) is 0 Å². The Morgan fingerprint density at radius 2 is 1.62 bits per heavy atom. The van der Waals surface area contributed by atoms with E-state index in [1.165, 1.54) is 25.5 Å². The van der Waals surface area contributed by atoms with Crippen molar-refractivity contribution >= 4 is 6.09 Å². The van der Waals surface area contributed by atoms with Crippen molar-refractivity contribution in [1.29, 1.82) is 21.0 Å². The van der Waals surface area contributed by atoms with Gasteiger partial charge in [-0.05, 0) is 0 Å². The molecular weight excluding hydrogens is 270 g/mol. The van der Waals surface area contributed by atoms with Gasteiger partial charge in [-0.1, -0.05) is 18.2 Å². The summed E-state index contributed by atoms with van der Waals surface area (Å²) in [5.74, 6) is -0.766. The highest BCUT2D eigenvalue weighted by molar-refractivity contribution is 5.71. The van der Waals surface area contributed by atoms with Crippen molar-refractivity contribution in [1.82, 2.24) is 4.90 Å². The molecule has 1 aliphatic carbocycles. The molecule has 1 amide bonds. The van der Waals surface area contributed by atoms with Crippen LogP contribution in [0.4, 0.5) is 4.79 Å². The van der Waals surface area contributed by atoms with E-state index in [2.05, 4.69) is 4.74 Å². The first-order valence-corrected chi connectivity index (χ1v) is 5.94. The summed E-state index contributed by atoms with van der Waals surface area (Å²) in [4.78, 5) is 12.9. The third kappa shape index (κ3) is 1.46. The lowest BCUT2D eigenvalue weighted by atomic mass is 9.54. The van der Waals surface area contributed by atoms with Crippen LogP contribution in [-0.2, 0) is 4.74 Å². The van der Waals surface area contributed by atoms with Gasteiger partial charge in [0.25, 0.3) is 0 Å². The zero-order chi connectivity index (χ0) is 15.7. The van der Waals surface area contributed by atoms with E-state index >= 15 is 0 Å². The van der Waals surface area contributed by atoms with Gasteiger partial charge in [-0.3, -0.25) is 4.90 Å². The van der Waals surface area contributed by atoms with Gasteiger partial charge in [-0.15, -0.1) is 0 Å². The maximum absolute atomic E-state index is 11.8. The number of ether oxygens (including phenoxy) is 1. The van der Waals surface area contributed by atoms with Crippen molar-refractivity contribution < 1.29 is 9.53 Å². The van der Waals surface area contributed by atoms with E-state index in [-0.39, 0.29) is 0 Å². The topological polar surface area (TPSA) is 125 Å². The van der Waals surface area contributed by atoms with E-state index in [1.807, 2.05) is 12.1 Å². The zero-order valence-electron chi connectivity index (χ0n) is 11.0. The maximum Gasteiger partial charge on any atom is 0.414 e. The van der Waals surface area contributed by atoms with Gasteiger partial charge in [-0.2, -0.15) is 21.0 Å². The van der Waals surface area contributed by atoms with Crippen LogP contribution in [0, 0.1) is 62.1 Å². The van der Waals surface area contributed by atoms with Crippen molar-refractivity contribution in [2.75, 3.05) is 7.11 Å². The minimum atomic E-state index is -2.01. The second kappa shape index (κ2) is 4.67. The molecule has 0 aromatic heterocycles. The summed E-state index contributed by atoms with van der Waals surface area (Å²) < 4.78 is 4.63. The van der Waals surface area contributed by atoms with Gasteiger partial charge < -0.3 is 4.74 Å². The van der Waals surface area contributed by atoms with Gasteiger partial charge in [0.1, 0.15) is 0 Å². The van der Waals surface area contributed by atoms with Crippen LogP contribution in [0.2, 0.25) is 0 Å². The summed E-state index contributed by atoms with van der Waals surface area (Å²) in [6, 6.07) is 6.15. The van der Waals surface area contributed by atoms with Crippen LogP contribution < -0.4 is 0 Å². The summed E-state index contributed by atoms with van der Waals surface area (Å²) in [5.41, 5.74) is -3.90. The molecule has 0 radical (unpaired) electrons. The molecule has 3 aliphatic rings. The summed E-state index contributed by atoms with van der Waals surface area (Å²) in [7, 11) is 1.17. The molecule has 0 aromatic rings. The van der Waals surface area contributed by atoms with E-state index < -0.39 is 28.9 Å². The normalized spacial score (nSPS) is 26.6. The number of amides is 1. The molecule has 2 heterocycles. The standard InChI is InChI=1S/C14H9N5O2/c1-21-12(20)19-5-4-10-2-3-11(19)14(8-17,9-18)13(10,6-15)7-16/h2-5,10-11H,1H3/t10-,11+/m1/s1. The molecule has 2 bridgehead atoms. The summed E-state index contributed by atoms with van der Waals surface area (Å²) in [6.07, 6.45) is 5.07. The predicted molar refractivity (Wildman–Crippen MR) is 67.1 cm³/mol. The van der Waals surface area contributed by atoms with Crippen LogP contribution in [0.1, 0.15) is 0 Å². The Morgan fingerprint density at radius 1 is 1.05 bits per heavy atom. The van der Waals surface area contributed by atoms with Crippen molar-refractivity contribution in [3.8, 4) is 24.3 Å². The summed E-state index contributed by atoms with van der Waals surface area (Å²) in [5, 5.41) is 38.1. The minimum absolute atomic E-state index is 0.766. The third-order valence-corrected chi connectivity index (χ3v) is 3.91. The van der Waals surface area contributed by atoms with Crippen LogP contribution in [0.3, 0.4) is 0 Å². The molecule has 0 spiro atoms. The number of fused-ring (bicyclic) bond motifs is 2. The van der Waals surface area contributed by atoms with Crippen molar-refractivity contribution in [3.05, 3.63) is 24.4 Å². The monoisotopic (exact) mass is 279 g/mol. The lowest BCUT2D eigenvalue weighted by Gasteiger charge is -2.42. The van der Waals surface area contributed by atoms with E-state index in [9.17, 15) is 25.8 Å². The molecule has 2 aliphatic heterocycles. The van der Waals surface area contributed by atoms with Crippen molar-refractivity contribution in [3.63, 3.8) is 0 Å². The van der Waals surface area contributed by atoms with Gasteiger partial charge in [0.05, 0.1) is 37.4 Å². The first kappa shape index (κ1) is 14.1. The Labute approximate surface area is 121 Å². The number of nitrogens with zero attached hydrogens (tertiary/aromatic N) is 5. The second-order valence-corrected chi connectivity index (χ2v) is 4.64. The van der Waals surface area contributed by atoms with Crippen molar-refractivity contribution in [2.45, 2.75) is 6.04 Å². The summed E-state index contributed by atoms with van der Waals surface area (Å²) >= 11 is 0. The van der Waals surface area contributed by atoms with Crippen LogP contribution >= 0.6 is 0 Å². The molecule has 0 saturated heterocycles. The average molecular weight is 279 g/mol. The van der Waals surface area contributed by atoms with E-state index in [4.69, 9.17) is 0 Å². The number of rotatable bonds is 0. The Bertz CT molecular complexity index is 682. The molecule has 7 heteroatoms. The number of allylic oxidation sites excluding steroid dienone is 2. The minimum Gasteiger partial charge on any atom is -0.452 e. The summed E-state index contributed by atoms with van der Waals surface area (Å²) in [6.45, 7) is 0. The van der Waals surface area contributed by atoms with Gasteiger partial charge in [0, 0.05) is 12.1 Å². The molecule has 0 N–H and O–H groups in total. The lowest BCUT2D eigenvalue weighted by Crippen LogP contribution is -2.56. The molecule has 0 unspecified atom stereocenters. The quantitative estimate of drug-likeness (QED) is 0.613. The van der Waals surface area contributed by atoms with E-state index in [1.54, 1.807) is 18.2 Å². The molecule has 7 nitrogen and oxygen atoms in total. The van der Waals surface area contributed by atoms with Crippen LogP contribution in [0.25, 0.3) is 0 Å². The van der Waals surface area contributed by atoms with Crippen LogP contribution in [-0.4, -0.2) is 24.1 Å². The first-order chi connectivity index (χ1) is 10.1. The SMILES string of the molecule is COC(=O)N1C=C[C@H]2C=C[C@H]1C(C#N)(C#N)C2(C#N)C#N. The number of nitriles is 4. The number of hydrogen-bond donors (Lipinski definition) is 0. The Kier molecular flexibility index (Phi) is 3.14. The number of carbonyl (C=O) groups excluding carboxylic acids is 1. The van der Waals surface area contributed by atoms with Crippen molar-refractivity contribution in [2.24, 2.45) is 16.7 Å². The second-order valence-electron chi connectivity index (χ2n) is 4.64. The fourth-order valence-corrected chi connectivity index (χ4v) is 2.76. The Hall–Kier alpha value is -3.29. The third-order valence-electron chi connectivity index (χ3n) is 3.91. The van der Waals surface area contributed by atoms with E-state index in [0.717, 1.165) is 4.90 Å². The highest BCUT2D eigenvalue weighted by Crippen LogP contribution is 2.54. The number of hydrogen-bond acceptors (Lipinski definition) is 6. The molecule has 2 atom stereocenters. The number of methoxy groups -OCH3 is 1. The highest BCUT2D eigenvalue weighted by Gasteiger charge is 2.66. The average Bonchev–Trinajstić information content (AvgIpc) is 2.82. The molecule has 0 fully saturated rings. The fraction of sp³-hybridized carbons (Fsp3) is 0.357. The molecule has 102 valence electrons. The molecule has 3 rings (SSSR count). The Balaban J connectivity index is 2.78. The molecule has 0 aromatic carbocycles. The molecule has 0 saturated carbocycles. The maximum atomic E-state index is 11.8. The van der Waals surface area contributed by atoms with Crippen LogP contribution in [0.5, 0.6) is 0 Å². The number of carbonyl (C=O) groups is 1. The van der Waals surface area contributed by atoms with Crippen LogP contribution in [0.15, 0.2) is 24.4 Å². The van der Waals surface area contributed by atoms with Gasteiger partial charge in [-0.25, -0.2) is 4.79 Å². The fourth-order valence-electron chi connectivity index (χ4n) is 2.76. The lowest BCUT2D eigenvalue weighted by molar-refractivity contribution is 0.101. The van der Waals surface area contributed by atoms with E-state index in [0.29, 0.717) is 0 Å². The first-order valence-electron chi connectivity index (χ1n) is 5.94. The van der Waals surface area contributed by atoms with Gasteiger partial charge in [0.15, 0.2) is 10.8 Å². The molecule has 21 heavy (non-hydrogen) atoms. The largest absolute Gasteiger partial charge is 0.452 e. The van der Waals surface area contributed by atoms with Gasteiger partial charge >= 0.3 is 6.09 Å². The zero-order valence-corrected chi connectivity index (χ0v) is 11.0. The smallest absolute Gasteiger partial charge is 0.414 e. The predicted octanol–water partition coefficient (Wildman–Crippen LogP) is 1.20. The Morgan fingerprint density at radius 3 is 2.10 bits per heavy atom. The molecular formula is C14H9N5O2. The highest BCUT2D eigenvalue weighted by atomic mass is 16.5.